The van der Waals surface area contributed by atoms with Gasteiger partial charge < -0.3 is 20.3 Å². The third-order valence-electron chi connectivity index (χ3n) is 2.53. The van der Waals surface area contributed by atoms with E-state index in [9.17, 15) is 9.50 Å². The number of benzene rings is 1. The van der Waals surface area contributed by atoms with Crippen LogP contribution in [0.3, 0.4) is 0 Å². The van der Waals surface area contributed by atoms with E-state index in [0.29, 0.717) is 24.7 Å². The van der Waals surface area contributed by atoms with Crippen molar-refractivity contribution < 1.29 is 19.0 Å². The molecule has 1 atom stereocenters. The predicted octanol–water partition coefficient (Wildman–Crippen LogP) is 1.74. The van der Waals surface area contributed by atoms with Crippen molar-refractivity contribution in [2.45, 2.75) is 12.5 Å². The zero-order valence-corrected chi connectivity index (χ0v) is 10.7. The zero-order valence-electron chi connectivity index (χ0n) is 9.08. The Labute approximate surface area is 107 Å². The standard InChI is InChI=1S/C11H13BrFNO3/c12-9-10(13)6(7(15)5-14)4-8-11(9)17-3-1-2-16-8/h4,7,15H,1-3,5,14H2. The summed E-state index contributed by atoms with van der Waals surface area (Å²) in [7, 11) is 0. The molecule has 2 rings (SSSR count). The van der Waals surface area contributed by atoms with Crippen LogP contribution in [0.15, 0.2) is 10.5 Å². The smallest absolute Gasteiger partial charge is 0.178 e. The Morgan fingerprint density at radius 3 is 2.88 bits per heavy atom. The van der Waals surface area contributed by atoms with Gasteiger partial charge in [0.05, 0.1) is 23.8 Å². The third kappa shape index (κ3) is 2.38. The molecule has 0 spiro atoms. The van der Waals surface area contributed by atoms with E-state index in [1.807, 2.05) is 0 Å². The van der Waals surface area contributed by atoms with Gasteiger partial charge in [0.15, 0.2) is 11.5 Å². The molecule has 0 aromatic heterocycles. The molecule has 1 aromatic rings. The summed E-state index contributed by atoms with van der Waals surface area (Å²) in [5, 5.41) is 9.62. The number of halogens is 2. The summed E-state index contributed by atoms with van der Waals surface area (Å²) >= 11 is 3.12. The second kappa shape index (κ2) is 5.20. The van der Waals surface area contributed by atoms with Crippen LogP contribution in [0, 0.1) is 5.82 Å². The third-order valence-corrected chi connectivity index (χ3v) is 3.24. The van der Waals surface area contributed by atoms with Crippen molar-refractivity contribution in [1.82, 2.24) is 0 Å². The SMILES string of the molecule is NCC(O)c1cc2c(c(Br)c1F)OCCCO2. The summed E-state index contributed by atoms with van der Waals surface area (Å²) in [4.78, 5) is 0. The van der Waals surface area contributed by atoms with E-state index in [4.69, 9.17) is 15.2 Å². The van der Waals surface area contributed by atoms with Crippen LogP contribution in [0.25, 0.3) is 0 Å². The molecule has 0 amide bonds. The predicted molar refractivity (Wildman–Crippen MR) is 63.7 cm³/mol. The Balaban J connectivity index is 2.51. The van der Waals surface area contributed by atoms with Gasteiger partial charge in [0.2, 0.25) is 0 Å². The molecule has 3 N–H and O–H groups in total. The summed E-state index contributed by atoms with van der Waals surface area (Å²) in [6.07, 6.45) is -0.319. The Bertz CT molecular complexity index is 428. The maximum atomic E-state index is 14.0. The van der Waals surface area contributed by atoms with Crippen molar-refractivity contribution in [3.63, 3.8) is 0 Å². The molecule has 1 heterocycles. The summed E-state index contributed by atoms with van der Waals surface area (Å²) in [5.41, 5.74) is 5.44. The number of fused-ring (bicyclic) bond motifs is 1. The molecule has 94 valence electrons. The van der Waals surface area contributed by atoms with Crippen molar-refractivity contribution in [3.05, 3.63) is 21.9 Å². The first kappa shape index (κ1) is 12.6. The Morgan fingerprint density at radius 2 is 2.18 bits per heavy atom. The van der Waals surface area contributed by atoms with Crippen LogP contribution in [0.2, 0.25) is 0 Å². The van der Waals surface area contributed by atoms with E-state index in [1.54, 1.807) is 0 Å². The minimum absolute atomic E-state index is 0.0526. The molecule has 1 unspecified atom stereocenters. The monoisotopic (exact) mass is 305 g/mol. The second-order valence-electron chi connectivity index (χ2n) is 3.72. The fourth-order valence-corrected chi connectivity index (χ4v) is 2.17. The van der Waals surface area contributed by atoms with Crippen LogP contribution in [0.5, 0.6) is 11.5 Å². The van der Waals surface area contributed by atoms with Gasteiger partial charge in [-0.15, -0.1) is 0 Å². The van der Waals surface area contributed by atoms with Crippen LogP contribution in [0.4, 0.5) is 4.39 Å². The van der Waals surface area contributed by atoms with Crippen molar-refractivity contribution in [2.24, 2.45) is 5.73 Å². The van der Waals surface area contributed by atoms with E-state index in [0.717, 1.165) is 6.42 Å². The molecule has 0 radical (unpaired) electrons. The van der Waals surface area contributed by atoms with Crippen LogP contribution in [-0.2, 0) is 0 Å². The highest BCUT2D eigenvalue weighted by atomic mass is 79.9. The van der Waals surface area contributed by atoms with Gasteiger partial charge in [0, 0.05) is 18.5 Å². The lowest BCUT2D eigenvalue weighted by atomic mass is 10.1. The summed E-state index contributed by atoms with van der Waals surface area (Å²) in [6.45, 7) is 0.927. The van der Waals surface area contributed by atoms with Crippen molar-refractivity contribution in [2.75, 3.05) is 19.8 Å². The van der Waals surface area contributed by atoms with E-state index in [2.05, 4.69) is 15.9 Å². The quantitative estimate of drug-likeness (QED) is 0.873. The summed E-state index contributed by atoms with van der Waals surface area (Å²) in [6, 6.07) is 1.44. The van der Waals surface area contributed by atoms with Gasteiger partial charge in [-0.1, -0.05) is 0 Å². The molecule has 1 aliphatic heterocycles. The van der Waals surface area contributed by atoms with E-state index in [-0.39, 0.29) is 16.6 Å². The second-order valence-corrected chi connectivity index (χ2v) is 4.52. The first-order chi connectivity index (χ1) is 8.15. The number of hydrogen-bond donors (Lipinski definition) is 2. The fraction of sp³-hybridized carbons (Fsp3) is 0.455. The van der Waals surface area contributed by atoms with Crippen LogP contribution < -0.4 is 15.2 Å². The van der Waals surface area contributed by atoms with Gasteiger partial charge in [-0.2, -0.15) is 0 Å². The lowest BCUT2D eigenvalue weighted by molar-refractivity contribution is 0.180. The van der Waals surface area contributed by atoms with Crippen LogP contribution in [0.1, 0.15) is 18.1 Å². The highest BCUT2D eigenvalue weighted by Crippen LogP contribution is 2.41. The number of nitrogens with two attached hydrogens (primary N) is 1. The van der Waals surface area contributed by atoms with Gasteiger partial charge in [0.25, 0.3) is 0 Å². The molecule has 17 heavy (non-hydrogen) atoms. The molecular weight excluding hydrogens is 293 g/mol. The lowest BCUT2D eigenvalue weighted by Crippen LogP contribution is -2.13. The first-order valence-electron chi connectivity index (χ1n) is 5.30. The Hall–Kier alpha value is -0.850. The van der Waals surface area contributed by atoms with E-state index >= 15 is 0 Å². The number of ether oxygens (including phenoxy) is 2. The minimum Gasteiger partial charge on any atom is -0.490 e. The maximum Gasteiger partial charge on any atom is 0.178 e. The highest BCUT2D eigenvalue weighted by Gasteiger charge is 2.23. The Kier molecular flexibility index (Phi) is 3.86. The van der Waals surface area contributed by atoms with Crippen molar-refractivity contribution in [1.29, 1.82) is 0 Å². The topological polar surface area (TPSA) is 64.7 Å². The van der Waals surface area contributed by atoms with Crippen molar-refractivity contribution in [3.8, 4) is 11.5 Å². The number of aliphatic hydroxyl groups is 1. The average Bonchev–Trinajstić information content (AvgIpc) is 2.58. The molecule has 0 saturated carbocycles. The zero-order chi connectivity index (χ0) is 12.4. The molecule has 1 aromatic carbocycles. The largest absolute Gasteiger partial charge is 0.490 e. The van der Waals surface area contributed by atoms with Gasteiger partial charge in [-0.05, 0) is 22.0 Å². The van der Waals surface area contributed by atoms with Gasteiger partial charge in [-0.25, -0.2) is 4.39 Å². The van der Waals surface area contributed by atoms with Gasteiger partial charge in [-0.3, -0.25) is 0 Å². The van der Waals surface area contributed by atoms with Crippen LogP contribution >= 0.6 is 15.9 Å². The lowest BCUT2D eigenvalue weighted by Gasteiger charge is -2.15. The van der Waals surface area contributed by atoms with Crippen molar-refractivity contribution >= 4 is 15.9 Å². The van der Waals surface area contributed by atoms with Gasteiger partial charge in [0.1, 0.15) is 5.82 Å². The molecule has 1 aliphatic rings. The molecule has 0 fully saturated rings. The summed E-state index contributed by atoms with van der Waals surface area (Å²) in [5.74, 6) is 0.207. The number of aliphatic hydroxyl groups excluding tert-OH is 1. The highest BCUT2D eigenvalue weighted by molar-refractivity contribution is 9.10. The summed E-state index contributed by atoms with van der Waals surface area (Å²) < 4.78 is 25.0. The van der Waals surface area contributed by atoms with E-state index < -0.39 is 11.9 Å². The molecule has 6 heteroatoms. The normalized spacial score (nSPS) is 16.5. The molecule has 0 aliphatic carbocycles. The molecule has 4 nitrogen and oxygen atoms in total. The molecule has 0 bridgehead atoms. The number of rotatable bonds is 2. The van der Waals surface area contributed by atoms with E-state index in [1.165, 1.54) is 6.07 Å². The first-order valence-corrected chi connectivity index (χ1v) is 6.10. The molecular formula is C11H13BrFNO3. The minimum atomic E-state index is -1.05. The fourth-order valence-electron chi connectivity index (χ4n) is 1.63. The Morgan fingerprint density at radius 1 is 1.47 bits per heavy atom. The van der Waals surface area contributed by atoms with Gasteiger partial charge >= 0.3 is 0 Å². The maximum absolute atomic E-state index is 14.0. The average molecular weight is 306 g/mol. The number of hydrogen-bond acceptors (Lipinski definition) is 4. The molecule has 0 saturated heterocycles. The van der Waals surface area contributed by atoms with Crippen LogP contribution in [-0.4, -0.2) is 24.9 Å².